The van der Waals surface area contributed by atoms with Crippen LogP contribution >= 0.6 is 0 Å². The molecule has 0 bridgehead atoms. The summed E-state index contributed by atoms with van der Waals surface area (Å²) in [5.41, 5.74) is 12.5. The Morgan fingerprint density at radius 3 is 2.92 bits per heavy atom. The number of rotatable bonds is 2. The summed E-state index contributed by atoms with van der Waals surface area (Å²) in [6, 6.07) is 3.59. The number of nitrogens with zero attached hydrogens (tertiary/aromatic N) is 2. The van der Waals surface area contributed by atoms with Gasteiger partial charge in [0.1, 0.15) is 11.9 Å². The van der Waals surface area contributed by atoms with Crippen molar-refractivity contribution in [3.8, 4) is 6.07 Å². The van der Waals surface area contributed by atoms with Gasteiger partial charge in [-0.15, -0.1) is 0 Å². The van der Waals surface area contributed by atoms with E-state index in [1.807, 2.05) is 13.0 Å². The second-order valence-electron chi connectivity index (χ2n) is 2.83. The van der Waals surface area contributed by atoms with Crippen molar-refractivity contribution in [1.29, 1.82) is 5.26 Å². The minimum absolute atomic E-state index is 0.0693. The van der Waals surface area contributed by atoms with E-state index >= 15 is 0 Å². The summed E-state index contributed by atoms with van der Waals surface area (Å²) in [7, 11) is 0. The molecule has 13 heavy (non-hydrogen) atoms. The van der Waals surface area contributed by atoms with E-state index in [9.17, 15) is 0 Å². The zero-order valence-corrected chi connectivity index (χ0v) is 7.49. The van der Waals surface area contributed by atoms with Gasteiger partial charge in [0.25, 0.3) is 0 Å². The van der Waals surface area contributed by atoms with Crippen molar-refractivity contribution < 1.29 is 0 Å². The molecule has 4 heteroatoms. The molecule has 0 aliphatic rings. The van der Waals surface area contributed by atoms with E-state index in [-0.39, 0.29) is 11.9 Å². The fourth-order valence-corrected chi connectivity index (χ4v) is 1.02. The number of nitrogens with two attached hydrogens (primary N) is 2. The molecule has 0 spiro atoms. The fraction of sp³-hybridized carbons (Fsp3) is 0.333. The Labute approximate surface area is 77.2 Å². The molecule has 0 amide bonds. The molecule has 0 aliphatic heterocycles. The van der Waals surface area contributed by atoms with E-state index in [4.69, 9.17) is 16.7 Å². The van der Waals surface area contributed by atoms with Crippen molar-refractivity contribution in [2.24, 2.45) is 5.73 Å². The van der Waals surface area contributed by atoms with Gasteiger partial charge < -0.3 is 11.5 Å². The first-order chi connectivity index (χ1) is 6.19. The van der Waals surface area contributed by atoms with Crippen LogP contribution in [-0.2, 0) is 0 Å². The van der Waals surface area contributed by atoms with Crippen LogP contribution in [0.2, 0.25) is 0 Å². The highest BCUT2D eigenvalue weighted by molar-refractivity contribution is 5.49. The van der Waals surface area contributed by atoms with Crippen molar-refractivity contribution in [3.63, 3.8) is 0 Å². The summed E-state index contributed by atoms with van der Waals surface area (Å²) in [6.07, 6.45) is 2.43. The Kier molecular flexibility index (Phi) is 2.83. The van der Waals surface area contributed by atoms with Gasteiger partial charge in [-0.25, -0.2) is 4.98 Å². The largest absolute Gasteiger partial charge is 0.383 e. The average Bonchev–Trinajstić information content (AvgIpc) is 2.17. The maximum atomic E-state index is 8.69. The number of hydrogen-bond donors (Lipinski definition) is 2. The average molecular weight is 176 g/mol. The fourth-order valence-electron chi connectivity index (χ4n) is 1.02. The van der Waals surface area contributed by atoms with Gasteiger partial charge in [0, 0.05) is 12.2 Å². The molecule has 0 saturated heterocycles. The van der Waals surface area contributed by atoms with Crippen LogP contribution in [0.5, 0.6) is 0 Å². The van der Waals surface area contributed by atoms with Crippen LogP contribution in [0.25, 0.3) is 0 Å². The van der Waals surface area contributed by atoms with Gasteiger partial charge in [-0.3, -0.25) is 0 Å². The zero-order valence-electron chi connectivity index (χ0n) is 7.49. The molecule has 1 aromatic rings. The van der Waals surface area contributed by atoms with Crippen LogP contribution < -0.4 is 11.5 Å². The Morgan fingerprint density at radius 2 is 2.38 bits per heavy atom. The standard InChI is InChI=1S/C9H12N4/c1-2-8(11)7-3-6(4-10)9(12)13-5-7/h3,5,8H,2,11H2,1H3,(H2,12,13)/t8-/m1/s1. The molecule has 68 valence electrons. The van der Waals surface area contributed by atoms with Crippen molar-refractivity contribution in [1.82, 2.24) is 4.98 Å². The summed E-state index contributed by atoms with van der Waals surface area (Å²) < 4.78 is 0. The third kappa shape index (κ3) is 1.95. The van der Waals surface area contributed by atoms with Crippen LogP contribution in [-0.4, -0.2) is 4.98 Å². The Hall–Kier alpha value is -1.60. The second-order valence-corrected chi connectivity index (χ2v) is 2.83. The molecule has 0 fully saturated rings. The normalized spacial score (nSPS) is 12.1. The van der Waals surface area contributed by atoms with E-state index in [0.717, 1.165) is 12.0 Å². The summed E-state index contributed by atoms with van der Waals surface area (Å²) >= 11 is 0. The molecule has 1 rings (SSSR count). The van der Waals surface area contributed by atoms with Crippen LogP contribution in [0, 0.1) is 11.3 Å². The lowest BCUT2D eigenvalue weighted by Gasteiger charge is -2.08. The maximum absolute atomic E-state index is 8.69. The van der Waals surface area contributed by atoms with Crippen molar-refractivity contribution in [2.75, 3.05) is 5.73 Å². The van der Waals surface area contributed by atoms with Gasteiger partial charge in [0.05, 0.1) is 5.56 Å². The lowest BCUT2D eigenvalue weighted by atomic mass is 10.1. The van der Waals surface area contributed by atoms with Gasteiger partial charge in [-0.2, -0.15) is 5.26 Å². The molecule has 1 atom stereocenters. The first-order valence-corrected chi connectivity index (χ1v) is 4.10. The summed E-state index contributed by atoms with van der Waals surface area (Å²) in [4.78, 5) is 3.89. The molecule has 1 heterocycles. The Bertz CT molecular complexity index is 340. The van der Waals surface area contributed by atoms with Gasteiger partial charge in [0.2, 0.25) is 0 Å². The molecule has 4 N–H and O–H groups in total. The first kappa shape index (κ1) is 9.49. The number of aromatic nitrogens is 1. The summed E-state index contributed by atoms with van der Waals surface area (Å²) in [5.74, 6) is 0.259. The first-order valence-electron chi connectivity index (χ1n) is 4.10. The Morgan fingerprint density at radius 1 is 1.69 bits per heavy atom. The highest BCUT2D eigenvalue weighted by Gasteiger charge is 2.06. The predicted octanol–water partition coefficient (Wildman–Crippen LogP) is 0.945. The molecule has 0 aromatic carbocycles. The third-order valence-electron chi connectivity index (χ3n) is 1.93. The zero-order chi connectivity index (χ0) is 9.84. The molecule has 4 nitrogen and oxygen atoms in total. The highest BCUT2D eigenvalue weighted by Crippen LogP contribution is 2.16. The molecule has 0 radical (unpaired) electrons. The van der Waals surface area contributed by atoms with E-state index < -0.39 is 0 Å². The molecule has 0 unspecified atom stereocenters. The lowest BCUT2D eigenvalue weighted by molar-refractivity contribution is 0.695. The quantitative estimate of drug-likeness (QED) is 0.702. The smallest absolute Gasteiger partial charge is 0.141 e. The molecule has 0 aliphatic carbocycles. The molecular weight excluding hydrogens is 164 g/mol. The van der Waals surface area contributed by atoms with Crippen LogP contribution in [0.4, 0.5) is 5.82 Å². The van der Waals surface area contributed by atoms with Gasteiger partial charge in [-0.1, -0.05) is 6.92 Å². The number of nitriles is 1. The lowest BCUT2D eigenvalue weighted by Crippen LogP contribution is -2.10. The number of hydrogen-bond acceptors (Lipinski definition) is 4. The maximum Gasteiger partial charge on any atom is 0.141 e. The van der Waals surface area contributed by atoms with Crippen molar-refractivity contribution in [2.45, 2.75) is 19.4 Å². The van der Waals surface area contributed by atoms with Crippen LogP contribution in [0.1, 0.15) is 30.5 Å². The van der Waals surface area contributed by atoms with Crippen molar-refractivity contribution in [3.05, 3.63) is 23.4 Å². The number of pyridine rings is 1. The van der Waals surface area contributed by atoms with Gasteiger partial charge >= 0.3 is 0 Å². The number of nitrogen functional groups attached to an aromatic ring is 1. The molecule has 1 aromatic heterocycles. The van der Waals surface area contributed by atoms with Gasteiger partial charge in [0.15, 0.2) is 0 Å². The van der Waals surface area contributed by atoms with E-state index in [2.05, 4.69) is 4.98 Å². The van der Waals surface area contributed by atoms with Gasteiger partial charge in [-0.05, 0) is 18.1 Å². The topological polar surface area (TPSA) is 88.7 Å². The minimum Gasteiger partial charge on any atom is -0.383 e. The third-order valence-corrected chi connectivity index (χ3v) is 1.93. The predicted molar refractivity (Wildman–Crippen MR) is 50.6 cm³/mol. The van der Waals surface area contributed by atoms with E-state index in [1.165, 1.54) is 0 Å². The van der Waals surface area contributed by atoms with Crippen LogP contribution in [0.3, 0.4) is 0 Å². The number of anilines is 1. The monoisotopic (exact) mass is 176 g/mol. The molecular formula is C9H12N4. The van der Waals surface area contributed by atoms with Crippen molar-refractivity contribution >= 4 is 5.82 Å². The SMILES string of the molecule is CC[C@@H](N)c1cnc(N)c(C#N)c1. The second kappa shape index (κ2) is 3.87. The van der Waals surface area contributed by atoms with Crippen LogP contribution in [0.15, 0.2) is 12.3 Å². The summed E-state index contributed by atoms with van der Waals surface area (Å²) in [5, 5.41) is 8.69. The Balaban J connectivity index is 3.08. The van der Waals surface area contributed by atoms with E-state index in [0.29, 0.717) is 5.56 Å². The minimum atomic E-state index is -0.0693. The van der Waals surface area contributed by atoms with E-state index in [1.54, 1.807) is 12.3 Å². The highest BCUT2D eigenvalue weighted by atomic mass is 14.8. The summed E-state index contributed by atoms with van der Waals surface area (Å²) in [6.45, 7) is 1.98. The molecule has 0 saturated carbocycles.